The Morgan fingerprint density at radius 1 is 1.40 bits per heavy atom. The number of hydrogen-bond donors (Lipinski definition) is 1. The first-order valence-electron chi connectivity index (χ1n) is 5.46. The van der Waals surface area contributed by atoms with E-state index in [0.29, 0.717) is 5.92 Å². The van der Waals surface area contributed by atoms with Gasteiger partial charge in [-0.1, -0.05) is 12.5 Å². The van der Waals surface area contributed by atoms with E-state index in [4.69, 9.17) is 0 Å². The highest BCUT2D eigenvalue weighted by molar-refractivity contribution is 5.54. The predicted octanol–water partition coefficient (Wildman–Crippen LogP) is 2.17. The van der Waals surface area contributed by atoms with Gasteiger partial charge in [0, 0.05) is 11.8 Å². The molecule has 0 aromatic carbocycles. The third-order valence-corrected chi connectivity index (χ3v) is 3.37. The Bertz CT molecular complexity index is 473. The van der Waals surface area contributed by atoms with Crippen molar-refractivity contribution in [3.63, 3.8) is 0 Å². The van der Waals surface area contributed by atoms with E-state index in [2.05, 4.69) is 5.10 Å². The van der Waals surface area contributed by atoms with Crippen LogP contribution in [0, 0.1) is 5.92 Å². The summed E-state index contributed by atoms with van der Waals surface area (Å²) < 4.78 is 1.82. The molecule has 78 valence electrons. The summed E-state index contributed by atoms with van der Waals surface area (Å²) in [6.45, 7) is 0. The van der Waals surface area contributed by atoms with Crippen LogP contribution >= 0.6 is 0 Å². The molecule has 2 aromatic heterocycles. The van der Waals surface area contributed by atoms with Crippen LogP contribution in [0.15, 0.2) is 30.6 Å². The first kappa shape index (κ1) is 8.92. The van der Waals surface area contributed by atoms with Gasteiger partial charge in [-0.3, -0.25) is 0 Å². The molecule has 0 radical (unpaired) electrons. The van der Waals surface area contributed by atoms with Gasteiger partial charge in [0.2, 0.25) is 0 Å². The average Bonchev–Trinajstić information content (AvgIpc) is 2.58. The number of nitrogens with zero attached hydrogens (tertiary/aromatic N) is 2. The Hall–Kier alpha value is -1.35. The summed E-state index contributed by atoms with van der Waals surface area (Å²) in [5.74, 6) is 0.443. The van der Waals surface area contributed by atoms with Gasteiger partial charge < -0.3 is 5.11 Å². The Morgan fingerprint density at radius 3 is 3.00 bits per heavy atom. The van der Waals surface area contributed by atoms with Gasteiger partial charge in [-0.2, -0.15) is 5.10 Å². The predicted molar refractivity (Wildman–Crippen MR) is 57.5 cm³/mol. The minimum Gasteiger partial charge on any atom is -0.388 e. The molecule has 1 aliphatic carbocycles. The summed E-state index contributed by atoms with van der Waals surface area (Å²) >= 11 is 0. The molecule has 1 atom stereocenters. The molecule has 1 N–H and O–H groups in total. The summed E-state index contributed by atoms with van der Waals surface area (Å²) in [5.41, 5.74) is 2.00. The molecular formula is C12H14N2O. The number of aromatic nitrogens is 2. The van der Waals surface area contributed by atoms with Gasteiger partial charge in [0.25, 0.3) is 0 Å². The molecule has 1 unspecified atom stereocenters. The molecule has 3 nitrogen and oxygen atoms in total. The number of rotatable bonds is 2. The Balaban J connectivity index is 2.02. The Kier molecular flexibility index (Phi) is 1.99. The number of aliphatic hydroxyl groups excluding tert-OH is 1. The van der Waals surface area contributed by atoms with Crippen molar-refractivity contribution in [1.29, 1.82) is 0 Å². The van der Waals surface area contributed by atoms with Crippen molar-refractivity contribution in [3.05, 3.63) is 36.2 Å². The lowest BCUT2D eigenvalue weighted by Crippen LogP contribution is -2.19. The summed E-state index contributed by atoms with van der Waals surface area (Å²) in [6.07, 6.45) is 6.90. The van der Waals surface area contributed by atoms with Crippen LogP contribution in [0.3, 0.4) is 0 Å². The van der Waals surface area contributed by atoms with E-state index in [1.807, 2.05) is 28.9 Å². The van der Waals surface area contributed by atoms with Crippen LogP contribution in [-0.4, -0.2) is 14.7 Å². The van der Waals surface area contributed by atoms with Gasteiger partial charge in [-0.05, 0) is 30.9 Å². The zero-order chi connectivity index (χ0) is 10.3. The van der Waals surface area contributed by atoms with Crippen molar-refractivity contribution in [2.45, 2.75) is 25.4 Å². The summed E-state index contributed by atoms with van der Waals surface area (Å²) in [6, 6.07) is 5.93. The van der Waals surface area contributed by atoms with E-state index in [0.717, 1.165) is 23.9 Å². The molecule has 0 bridgehead atoms. The number of hydrogen-bond acceptors (Lipinski definition) is 2. The first-order valence-corrected chi connectivity index (χ1v) is 5.46. The molecule has 2 heterocycles. The van der Waals surface area contributed by atoms with Crippen molar-refractivity contribution >= 4 is 5.52 Å². The van der Waals surface area contributed by atoms with Gasteiger partial charge >= 0.3 is 0 Å². The molecular weight excluding hydrogens is 188 g/mol. The molecule has 0 saturated heterocycles. The fourth-order valence-electron chi connectivity index (χ4n) is 2.19. The molecule has 1 aliphatic rings. The Morgan fingerprint density at radius 2 is 2.27 bits per heavy atom. The largest absolute Gasteiger partial charge is 0.388 e. The van der Waals surface area contributed by atoms with Gasteiger partial charge in [-0.15, -0.1) is 0 Å². The maximum absolute atomic E-state index is 10.2. The van der Waals surface area contributed by atoms with Crippen LogP contribution in [0.5, 0.6) is 0 Å². The monoisotopic (exact) mass is 202 g/mol. The molecule has 2 aromatic rings. The molecule has 3 heteroatoms. The molecule has 1 saturated carbocycles. The quantitative estimate of drug-likeness (QED) is 0.810. The van der Waals surface area contributed by atoms with Gasteiger partial charge in [-0.25, -0.2) is 4.52 Å². The number of pyridine rings is 1. The van der Waals surface area contributed by atoms with Gasteiger partial charge in [0.15, 0.2) is 0 Å². The van der Waals surface area contributed by atoms with Crippen molar-refractivity contribution in [1.82, 2.24) is 9.61 Å². The SMILES string of the molecule is OC(c1cnn2ccccc12)C1CCC1. The molecule has 0 spiro atoms. The van der Waals surface area contributed by atoms with Crippen molar-refractivity contribution in [3.8, 4) is 0 Å². The molecule has 3 rings (SSSR count). The second-order valence-electron chi connectivity index (χ2n) is 4.27. The highest BCUT2D eigenvalue weighted by Gasteiger charge is 2.28. The highest BCUT2D eigenvalue weighted by atomic mass is 16.3. The van der Waals surface area contributed by atoms with Crippen LogP contribution in [0.1, 0.15) is 30.9 Å². The van der Waals surface area contributed by atoms with E-state index < -0.39 is 0 Å². The summed E-state index contributed by atoms with van der Waals surface area (Å²) in [4.78, 5) is 0. The average molecular weight is 202 g/mol. The van der Waals surface area contributed by atoms with Crippen LogP contribution in [-0.2, 0) is 0 Å². The van der Waals surface area contributed by atoms with Crippen molar-refractivity contribution in [2.75, 3.05) is 0 Å². The maximum Gasteiger partial charge on any atom is 0.0854 e. The second kappa shape index (κ2) is 3.35. The lowest BCUT2D eigenvalue weighted by Gasteiger charge is -2.29. The Labute approximate surface area is 88.4 Å². The minimum absolute atomic E-state index is 0.335. The second-order valence-corrected chi connectivity index (χ2v) is 4.27. The molecule has 0 aliphatic heterocycles. The van der Waals surface area contributed by atoms with Crippen LogP contribution in [0.4, 0.5) is 0 Å². The number of aliphatic hydroxyl groups is 1. The highest BCUT2D eigenvalue weighted by Crippen LogP contribution is 2.38. The fourth-order valence-corrected chi connectivity index (χ4v) is 2.19. The van der Waals surface area contributed by atoms with E-state index in [1.165, 1.54) is 6.42 Å². The third kappa shape index (κ3) is 1.35. The maximum atomic E-state index is 10.2. The zero-order valence-electron chi connectivity index (χ0n) is 8.50. The molecule has 1 fully saturated rings. The number of fused-ring (bicyclic) bond motifs is 1. The van der Waals surface area contributed by atoms with Gasteiger partial charge in [0.05, 0.1) is 17.8 Å². The first-order chi connectivity index (χ1) is 7.36. The summed E-state index contributed by atoms with van der Waals surface area (Å²) in [7, 11) is 0. The minimum atomic E-state index is -0.335. The zero-order valence-corrected chi connectivity index (χ0v) is 8.50. The van der Waals surface area contributed by atoms with Gasteiger partial charge in [0.1, 0.15) is 0 Å². The summed E-state index contributed by atoms with van der Waals surface area (Å²) in [5, 5.41) is 14.4. The lowest BCUT2D eigenvalue weighted by molar-refractivity contribution is 0.0632. The van der Waals surface area contributed by atoms with Crippen LogP contribution in [0.2, 0.25) is 0 Å². The van der Waals surface area contributed by atoms with Crippen LogP contribution in [0.25, 0.3) is 5.52 Å². The van der Waals surface area contributed by atoms with E-state index in [-0.39, 0.29) is 6.10 Å². The lowest BCUT2D eigenvalue weighted by atomic mass is 9.79. The van der Waals surface area contributed by atoms with Crippen LogP contribution < -0.4 is 0 Å². The van der Waals surface area contributed by atoms with Crippen molar-refractivity contribution < 1.29 is 5.11 Å². The topological polar surface area (TPSA) is 37.5 Å². The van der Waals surface area contributed by atoms with Crippen molar-refractivity contribution in [2.24, 2.45) is 5.92 Å². The van der Waals surface area contributed by atoms with E-state index in [9.17, 15) is 5.11 Å². The smallest absolute Gasteiger partial charge is 0.0854 e. The normalized spacial score (nSPS) is 19.0. The van der Waals surface area contributed by atoms with E-state index in [1.54, 1.807) is 6.20 Å². The standard InChI is InChI=1S/C12H14N2O/c15-12(9-4-3-5-9)10-8-13-14-7-2-1-6-11(10)14/h1-2,6-9,12,15H,3-5H2. The fraction of sp³-hybridized carbons (Fsp3) is 0.417. The molecule has 15 heavy (non-hydrogen) atoms. The third-order valence-electron chi connectivity index (χ3n) is 3.37. The molecule has 0 amide bonds. The van der Waals surface area contributed by atoms with E-state index >= 15 is 0 Å².